The van der Waals surface area contributed by atoms with Gasteiger partial charge in [-0.1, -0.05) is 13.8 Å². The molecule has 0 spiro atoms. The molecular formula is C15H20N2O2S. The monoisotopic (exact) mass is 292 g/mol. The molecule has 0 radical (unpaired) electrons. The van der Waals surface area contributed by atoms with Crippen molar-refractivity contribution in [2.45, 2.75) is 38.0 Å². The molecule has 5 heteroatoms. The third-order valence-electron chi connectivity index (χ3n) is 4.05. The second-order valence-electron chi connectivity index (χ2n) is 4.98. The Bertz CT molecular complexity index is 609. The van der Waals surface area contributed by atoms with Gasteiger partial charge in [0.2, 0.25) is 0 Å². The molecule has 0 bridgehead atoms. The predicted octanol–water partition coefficient (Wildman–Crippen LogP) is 3.66. The van der Waals surface area contributed by atoms with Crippen LogP contribution < -0.4 is 0 Å². The second kappa shape index (κ2) is 5.87. The molecule has 0 saturated heterocycles. The molecule has 20 heavy (non-hydrogen) atoms. The van der Waals surface area contributed by atoms with E-state index in [1.807, 2.05) is 24.2 Å². The Balaban J connectivity index is 2.39. The maximum absolute atomic E-state index is 11.0. The molecule has 0 aliphatic carbocycles. The lowest BCUT2D eigenvalue weighted by molar-refractivity contribution is 0.0697. The molecule has 0 saturated carbocycles. The number of nitrogens with zero attached hydrogens (tertiary/aromatic N) is 2. The third kappa shape index (κ3) is 2.68. The minimum absolute atomic E-state index is 0.207. The van der Waals surface area contributed by atoms with Crippen molar-refractivity contribution in [2.24, 2.45) is 0 Å². The average molecular weight is 292 g/mol. The van der Waals surface area contributed by atoms with E-state index in [4.69, 9.17) is 5.11 Å². The molecule has 0 aliphatic rings. The molecule has 2 aromatic rings. The van der Waals surface area contributed by atoms with Crippen LogP contribution in [0.15, 0.2) is 24.5 Å². The van der Waals surface area contributed by atoms with E-state index >= 15 is 0 Å². The van der Waals surface area contributed by atoms with E-state index < -0.39 is 5.97 Å². The van der Waals surface area contributed by atoms with E-state index in [1.54, 1.807) is 12.1 Å². The van der Waals surface area contributed by atoms with Crippen molar-refractivity contribution < 1.29 is 9.90 Å². The van der Waals surface area contributed by atoms with Gasteiger partial charge in [-0.2, -0.15) is 11.8 Å². The lowest BCUT2D eigenvalue weighted by Gasteiger charge is -2.30. The number of benzene rings is 1. The van der Waals surface area contributed by atoms with E-state index in [2.05, 4.69) is 29.7 Å². The Kier molecular flexibility index (Phi) is 4.38. The zero-order chi connectivity index (χ0) is 14.8. The highest BCUT2D eigenvalue weighted by Crippen LogP contribution is 2.33. The van der Waals surface area contributed by atoms with Gasteiger partial charge in [0.15, 0.2) is 0 Å². The van der Waals surface area contributed by atoms with E-state index in [9.17, 15) is 4.79 Å². The number of imidazole rings is 1. The first-order valence-corrected chi connectivity index (χ1v) is 8.01. The first-order chi connectivity index (χ1) is 9.55. The van der Waals surface area contributed by atoms with Crippen LogP contribution in [0.1, 0.15) is 37.0 Å². The van der Waals surface area contributed by atoms with Crippen molar-refractivity contribution in [3.05, 3.63) is 30.1 Å². The van der Waals surface area contributed by atoms with Crippen LogP contribution in [0.3, 0.4) is 0 Å². The van der Waals surface area contributed by atoms with Crippen molar-refractivity contribution in [3.63, 3.8) is 0 Å². The fourth-order valence-corrected chi connectivity index (χ4v) is 3.31. The number of hydrogen-bond acceptors (Lipinski definition) is 3. The molecule has 108 valence electrons. The average Bonchev–Trinajstić information content (AvgIpc) is 2.87. The van der Waals surface area contributed by atoms with Crippen LogP contribution in [-0.4, -0.2) is 31.6 Å². The second-order valence-corrected chi connectivity index (χ2v) is 6.25. The summed E-state index contributed by atoms with van der Waals surface area (Å²) in [6.45, 7) is 5.31. The first kappa shape index (κ1) is 14.9. The molecule has 1 heterocycles. The Morgan fingerprint density at radius 3 is 2.65 bits per heavy atom. The summed E-state index contributed by atoms with van der Waals surface area (Å²) >= 11 is 1.89. The molecular weight excluding hydrogens is 272 g/mol. The lowest BCUT2D eigenvalue weighted by Crippen LogP contribution is -2.28. The standard InChI is InChI=1S/C15H20N2O2S/c1-4-15(5-2,20-3)9-17-10-16-12-8-11(14(18)19)6-7-13(12)17/h6-8,10H,4-5,9H2,1-3H3,(H,18,19). The van der Waals surface area contributed by atoms with E-state index in [0.717, 1.165) is 30.4 Å². The number of hydrogen-bond donors (Lipinski definition) is 1. The Morgan fingerprint density at radius 1 is 1.40 bits per heavy atom. The maximum Gasteiger partial charge on any atom is 0.335 e. The predicted molar refractivity (Wildman–Crippen MR) is 83.5 cm³/mol. The molecule has 0 fully saturated rings. The van der Waals surface area contributed by atoms with Gasteiger partial charge in [-0.15, -0.1) is 0 Å². The normalized spacial score (nSPS) is 11.9. The van der Waals surface area contributed by atoms with Crippen LogP contribution in [0.4, 0.5) is 0 Å². The van der Waals surface area contributed by atoms with Crippen LogP contribution in [0, 0.1) is 0 Å². The van der Waals surface area contributed by atoms with E-state index in [-0.39, 0.29) is 10.3 Å². The summed E-state index contributed by atoms with van der Waals surface area (Å²) in [4.78, 5) is 15.3. The Hall–Kier alpha value is -1.49. The van der Waals surface area contributed by atoms with Crippen molar-refractivity contribution in [1.29, 1.82) is 0 Å². The molecule has 0 amide bonds. The summed E-state index contributed by atoms with van der Waals surface area (Å²) in [6.07, 6.45) is 6.15. The van der Waals surface area contributed by atoms with Crippen molar-refractivity contribution in [2.75, 3.05) is 6.26 Å². The number of carboxylic acids is 1. The van der Waals surface area contributed by atoms with Gasteiger partial charge in [0, 0.05) is 11.3 Å². The smallest absolute Gasteiger partial charge is 0.335 e. The number of carboxylic acid groups (broad SMARTS) is 1. The summed E-state index contributed by atoms with van der Waals surface area (Å²) in [7, 11) is 0. The number of carbonyl (C=O) groups is 1. The number of thioether (sulfide) groups is 1. The summed E-state index contributed by atoms with van der Waals surface area (Å²) < 4.78 is 2.34. The molecule has 1 aromatic carbocycles. The fourth-order valence-electron chi connectivity index (χ4n) is 2.46. The van der Waals surface area contributed by atoms with E-state index in [1.165, 1.54) is 0 Å². The highest BCUT2D eigenvalue weighted by molar-refractivity contribution is 8.00. The van der Waals surface area contributed by atoms with Gasteiger partial charge in [0.05, 0.1) is 22.9 Å². The van der Waals surface area contributed by atoms with Gasteiger partial charge in [-0.3, -0.25) is 0 Å². The molecule has 1 aromatic heterocycles. The summed E-state index contributed by atoms with van der Waals surface area (Å²) in [5, 5.41) is 9.01. The van der Waals surface area contributed by atoms with Crippen molar-refractivity contribution >= 4 is 28.8 Å². The number of aromatic nitrogens is 2. The Morgan fingerprint density at radius 2 is 2.10 bits per heavy atom. The molecule has 0 atom stereocenters. The van der Waals surface area contributed by atoms with Crippen LogP contribution in [0.5, 0.6) is 0 Å². The largest absolute Gasteiger partial charge is 0.478 e. The zero-order valence-corrected chi connectivity index (χ0v) is 12.9. The molecule has 0 aliphatic heterocycles. The van der Waals surface area contributed by atoms with Gasteiger partial charge >= 0.3 is 5.97 Å². The molecule has 1 N–H and O–H groups in total. The minimum Gasteiger partial charge on any atom is -0.478 e. The van der Waals surface area contributed by atoms with Crippen LogP contribution in [0.2, 0.25) is 0 Å². The van der Waals surface area contributed by atoms with Gasteiger partial charge < -0.3 is 9.67 Å². The number of aromatic carboxylic acids is 1. The first-order valence-electron chi connectivity index (χ1n) is 6.78. The van der Waals surface area contributed by atoms with Gasteiger partial charge in [0.1, 0.15) is 0 Å². The fraction of sp³-hybridized carbons (Fsp3) is 0.467. The van der Waals surface area contributed by atoms with Gasteiger partial charge in [-0.05, 0) is 37.3 Å². The Labute approximate surface area is 123 Å². The molecule has 0 unspecified atom stereocenters. The molecule has 4 nitrogen and oxygen atoms in total. The van der Waals surface area contributed by atoms with E-state index in [0.29, 0.717) is 0 Å². The van der Waals surface area contributed by atoms with Crippen LogP contribution >= 0.6 is 11.8 Å². The topological polar surface area (TPSA) is 55.1 Å². The van der Waals surface area contributed by atoms with Gasteiger partial charge in [-0.25, -0.2) is 9.78 Å². The van der Waals surface area contributed by atoms with Gasteiger partial charge in [0.25, 0.3) is 0 Å². The van der Waals surface area contributed by atoms with Crippen LogP contribution in [-0.2, 0) is 6.54 Å². The quantitative estimate of drug-likeness (QED) is 0.883. The number of fused-ring (bicyclic) bond motifs is 1. The highest BCUT2D eigenvalue weighted by atomic mass is 32.2. The maximum atomic E-state index is 11.0. The molecule has 2 rings (SSSR count). The van der Waals surface area contributed by atoms with Crippen molar-refractivity contribution in [3.8, 4) is 0 Å². The highest BCUT2D eigenvalue weighted by Gasteiger charge is 2.26. The minimum atomic E-state index is -0.915. The number of rotatable bonds is 6. The van der Waals surface area contributed by atoms with Crippen LogP contribution in [0.25, 0.3) is 11.0 Å². The van der Waals surface area contributed by atoms with Crippen molar-refractivity contribution in [1.82, 2.24) is 9.55 Å². The third-order valence-corrected chi connectivity index (χ3v) is 5.62. The summed E-state index contributed by atoms with van der Waals surface area (Å²) in [6, 6.07) is 5.12. The summed E-state index contributed by atoms with van der Waals surface area (Å²) in [5.74, 6) is -0.915. The zero-order valence-electron chi connectivity index (χ0n) is 12.1. The lowest BCUT2D eigenvalue weighted by atomic mass is 10.0. The summed E-state index contributed by atoms with van der Waals surface area (Å²) in [5.41, 5.74) is 2.02. The SMILES string of the molecule is CCC(CC)(Cn1cnc2cc(C(=O)O)ccc21)SC.